The maximum absolute atomic E-state index is 11.5. The molecule has 0 aromatic rings. The number of carbonyl (C=O) groups is 2. The van der Waals surface area contributed by atoms with Gasteiger partial charge in [-0.05, 0) is 19.8 Å². The standard InChI is InChI=1S/C10H19N3O3/c1-7(13-9(11)15)8(14)12-6-10(16)4-2-3-5-10/h7,16H,2-6H2,1H3,(H,12,14)(H3,11,13,15). The predicted octanol–water partition coefficient (Wildman–Crippen LogP) is -0.535. The number of rotatable bonds is 4. The molecule has 6 nitrogen and oxygen atoms in total. The highest BCUT2D eigenvalue weighted by molar-refractivity contribution is 5.86. The Hall–Kier alpha value is -1.30. The van der Waals surface area contributed by atoms with Crippen molar-refractivity contribution in [1.82, 2.24) is 10.6 Å². The Bertz CT molecular complexity index is 274. The molecule has 0 aromatic carbocycles. The molecule has 5 N–H and O–H groups in total. The van der Waals surface area contributed by atoms with Crippen molar-refractivity contribution in [3.63, 3.8) is 0 Å². The number of carbonyl (C=O) groups excluding carboxylic acids is 2. The molecule has 0 aromatic heterocycles. The van der Waals surface area contributed by atoms with Gasteiger partial charge in [-0.15, -0.1) is 0 Å². The van der Waals surface area contributed by atoms with Crippen molar-refractivity contribution in [3.8, 4) is 0 Å². The summed E-state index contributed by atoms with van der Waals surface area (Å²) in [4.78, 5) is 22.0. The molecule has 1 unspecified atom stereocenters. The van der Waals surface area contributed by atoms with Crippen LogP contribution in [0.3, 0.4) is 0 Å². The van der Waals surface area contributed by atoms with Crippen LogP contribution in [0.25, 0.3) is 0 Å². The fourth-order valence-electron chi connectivity index (χ4n) is 1.89. The van der Waals surface area contributed by atoms with Crippen molar-refractivity contribution in [3.05, 3.63) is 0 Å². The van der Waals surface area contributed by atoms with Gasteiger partial charge in [-0.3, -0.25) is 4.79 Å². The van der Waals surface area contributed by atoms with E-state index in [2.05, 4.69) is 10.6 Å². The Morgan fingerprint density at radius 1 is 1.44 bits per heavy atom. The van der Waals surface area contributed by atoms with Crippen molar-refractivity contribution in [1.29, 1.82) is 0 Å². The number of urea groups is 1. The van der Waals surface area contributed by atoms with Crippen LogP contribution in [0.1, 0.15) is 32.6 Å². The lowest BCUT2D eigenvalue weighted by Gasteiger charge is -2.23. The fraction of sp³-hybridized carbons (Fsp3) is 0.800. The lowest BCUT2D eigenvalue weighted by molar-refractivity contribution is -0.123. The molecule has 1 atom stereocenters. The van der Waals surface area contributed by atoms with E-state index in [0.717, 1.165) is 12.8 Å². The molecule has 1 aliphatic rings. The summed E-state index contributed by atoms with van der Waals surface area (Å²) in [5, 5.41) is 14.9. The average molecular weight is 229 g/mol. The number of nitrogens with one attached hydrogen (secondary N) is 2. The minimum Gasteiger partial charge on any atom is -0.388 e. The zero-order valence-electron chi connectivity index (χ0n) is 9.45. The quantitative estimate of drug-likeness (QED) is 0.520. The molecule has 0 bridgehead atoms. The molecular weight excluding hydrogens is 210 g/mol. The Balaban J connectivity index is 2.31. The maximum atomic E-state index is 11.5. The maximum Gasteiger partial charge on any atom is 0.312 e. The molecular formula is C10H19N3O3. The van der Waals surface area contributed by atoms with Crippen LogP contribution < -0.4 is 16.4 Å². The van der Waals surface area contributed by atoms with Gasteiger partial charge in [0.05, 0.1) is 5.60 Å². The minimum absolute atomic E-state index is 0.233. The third-order valence-corrected chi connectivity index (χ3v) is 2.88. The van der Waals surface area contributed by atoms with Gasteiger partial charge in [0.1, 0.15) is 6.04 Å². The first-order valence-electron chi connectivity index (χ1n) is 5.49. The molecule has 0 aliphatic heterocycles. The summed E-state index contributed by atoms with van der Waals surface area (Å²) < 4.78 is 0. The van der Waals surface area contributed by atoms with Crippen LogP contribution in [0.2, 0.25) is 0 Å². The first-order valence-corrected chi connectivity index (χ1v) is 5.49. The van der Waals surface area contributed by atoms with Crippen LogP contribution in [-0.4, -0.2) is 35.2 Å². The van der Waals surface area contributed by atoms with Gasteiger partial charge >= 0.3 is 6.03 Å². The second kappa shape index (κ2) is 5.16. The summed E-state index contributed by atoms with van der Waals surface area (Å²) in [6.45, 7) is 1.77. The van der Waals surface area contributed by atoms with Crippen molar-refractivity contribution in [2.45, 2.75) is 44.2 Å². The molecule has 1 rings (SSSR count). The Morgan fingerprint density at radius 3 is 2.50 bits per heavy atom. The van der Waals surface area contributed by atoms with Crippen LogP contribution >= 0.6 is 0 Å². The smallest absolute Gasteiger partial charge is 0.312 e. The summed E-state index contributed by atoms with van der Waals surface area (Å²) in [5.74, 6) is -0.334. The van der Waals surface area contributed by atoms with Gasteiger partial charge < -0.3 is 21.5 Å². The van der Waals surface area contributed by atoms with E-state index in [-0.39, 0.29) is 12.5 Å². The number of primary amides is 1. The molecule has 1 saturated carbocycles. The zero-order chi connectivity index (χ0) is 12.2. The lowest BCUT2D eigenvalue weighted by Crippen LogP contribution is -2.50. The normalized spacial score (nSPS) is 20.1. The molecule has 0 radical (unpaired) electrons. The monoisotopic (exact) mass is 229 g/mol. The Morgan fingerprint density at radius 2 is 2.00 bits per heavy atom. The lowest BCUT2D eigenvalue weighted by atomic mass is 10.0. The SMILES string of the molecule is CC(NC(N)=O)C(=O)NCC1(O)CCCC1. The molecule has 3 amide bonds. The molecule has 0 saturated heterocycles. The van der Waals surface area contributed by atoms with Gasteiger partial charge in [-0.1, -0.05) is 12.8 Å². The summed E-state index contributed by atoms with van der Waals surface area (Å²) in [6.07, 6.45) is 3.40. The largest absolute Gasteiger partial charge is 0.388 e. The minimum atomic E-state index is -0.776. The van der Waals surface area contributed by atoms with Crippen LogP contribution in [0.4, 0.5) is 4.79 Å². The van der Waals surface area contributed by atoms with E-state index in [1.54, 1.807) is 6.92 Å². The highest BCUT2D eigenvalue weighted by atomic mass is 16.3. The number of hydrogen-bond acceptors (Lipinski definition) is 3. The average Bonchev–Trinajstić information content (AvgIpc) is 2.61. The Labute approximate surface area is 94.6 Å². The molecule has 16 heavy (non-hydrogen) atoms. The molecule has 1 aliphatic carbocycles. The molecule has 0 heterocycles. The van der Waals surface area contributed by atoms with Crippen LogP contribution in [-0.2, 0) is 4.79 Å². The van der Waals surface area contributed by atoms with Crippen LogP contribution in [0, 0.1) is 0 Å². The van der Waals surface area contributed by atoms with E-state index >= 15 is 0 Å². The third kappa shape index (κ3) is 3.69. The second-order valence-corrected chi connectivity index (χ2v) is 4.38. The number of aliphatic hydroxyl groups is 1. The van der Waals surface area contributed by atoms with Crippen molar-refractivity contribution >= 4 is 11.9 Å². The molecule has 1 fully saturated rings. The van der Waals surface area contributed by atoms with Gasteiger partial charge in [0.25, 0.3) is 0 Å². The van der Waals surface area contributed by atoms with Crippen molar-refractivity contribution < 1.29 is 14.7 Å². The van der Waals surface area contributed by atoms with Crippen molar-refractivity contribution in [2.75, 3.05) is 6.54 Å². The third-order valence-electron chi connectivity index (χ3n) is 2.88. The highest BCUT2D eigenvalue weighted by Crippen LogP contribution is 2.28. The predicted molar refractivity (Wildman–Crippen MR) is 58.6 cm³/mol. The highest BCUT2D eigenvalue weighted by Gasteiger charge is 2.31. The number of hydrogen-bond donors (Lipinski definition) is 4. The Kier molecular flexibility index (Phi) is 4.12. The molecule has 0 spiro atoms. The summed E-state index contributed by atoms with van der Waals surface area (Å²) in [7, 11) is 0. The van der Waals surface area contributed by atoms with Crippen LogP contribution in [0.15, 0.2) is 0 Å². The van der Waals surface area contributed by atoms with E-state index in [0.29, 0.717) is 12.8 Å². The van der Waals surface area contributed by atoms with Gasteiger partial charge in [-0.25, -0.2) is 4.79 Å². The van der Waals surface area contributed by atoms with Crippen molar-refractivity contribution in [2.24, 2.45) is 5.73 Å². The summed E-state index contributed by atoms with van der Waals surface area (Å²) in [5.41, 5.74) is 4.12. The summed E-state index contributed by atoms with van der Waals surface area (Å²) >= 11 is 0. The topological polar surface area (TPSA) is 104 Å². The van der Waals surface area contributed by atoms with Gasteiger partial charge in [-0.2, -0.15) is 0 Å². The van der Waals surface area contributed by atoms with E-state index in [1.165, 1.54) is 0 Å². The van der Waals surface area contributed by atoms with E-state index in [1.807, 2.05) is 0 Å². The van der Waals surface area contributed by atoms with Gasteiger partial charge in [0.2, 0.25) is 5.91 Å². The summed E-state index contributed by atoms with van der Waals surface area (Å²) in [6, 6.07) is -1.41. The van der Waals surface area contributed by atoms with Gasteiger partial charge in [0, 0.05) is 6.54 Å². The van der Waals surface area contributed by atoms with E-state index in [9.17, 15) is 14.7 Å². The van der Waals surface area contributed by atoms with E-state index < -0.39 is 17.7 Å². The molecule has 6 heteroatoms. The zero-order valence-corrected chi connectivity index (χ0v) is 9.45. The van der Waals surface area contributed by atoms with E-state index in [4.69, 9.17) is 5.73 Å². The first kappa shape index (κ1) is 12.8. The number of amides is 3. The second-order valence-electron chi connectivity index (χ2n) is 4.38. The van der Waals surface area contributed by atoms with Gasteiger partial charge in [0.15, 0.2) is 0 Å². The first-order chi connectivity index (χ1) is 7.43. The van der Waals surface area contributed by atoms with Crippen LogP contribution in [0.5, 0.6) is 0 Å². The fourth-order valence-corrected chi connectivity index (χ4v) is 1.89. The number of nitrogens with two attached hydrogens (primary N) is 1. The molecule has 92 valence electrons.